The average molecular weight is 442 g/mol. The standard InChI is InChI=1S/C26H27N5O2/c1-18-20-13-14-23(32)31(17-19-9-3-2-4-10-19)25(20)29-24(28-18)22-12-6-8-16-30(22)26(33)21-11-5-7-15-27-21/h2-5,7,9-11,15,22H,6,8,12-14,16-17H2,1H3. The number of likely N-dealkylation sites (tertiary alicyclic amines) is 1. The van der Waals surface area contributed by atoms with E-state index in [1.54, 1.807) is 23.2 Å². The number of aryl methyl sites for hydroxylation is 1. The van der Waals surface area contributed by atoms with Crippen LogP contribution in [0.25, 0.3) is 0 Å². The normalized spacial score (nSPS) is 18.2. The van der Waals surface area contributed by atoms with Crippen molar-refractivity contribution in [3.8, 4) is 0 Å². The number of pyridine rings is 1. The zero-order chi connectivity index (χ0) is 22.8. The molecule has 0 bridgehead atoms. The third-order valence-electron chi connectivity index (χ3n) is 6.48. The molecule has 1 atom stereocenters. The van der Waals surface area contributed by atoms with Crippen molar-refractivity contribution in [2.45, 2.75) is 51.6 Å². The Morgan fingerprint density at radius 3 is 2.64 bits per heavy atom. The van der Waals surface area contributed by atoms with Gasteiger partial charge in [0.05, 0.1) is 12.6 Å². The van der Waals surface area contributed by atoms with E-state index < -0.39 is 0 Å². The number of nitrogens with zero attached hydrogens (tertiary/aromatic N) is 5. The van der Waals surface area contributed by atoms with Crippen molar-refractivity contribution in [1.29, 1.82) is 0 Å². The molecule has 1 fully saturated rings. The predicted octanol–water partition coefficient (Wildman–Crippen LogP) is 4.03. The minimum Gasteiger partial charge on any atom is -0.327 e. The highest BCUT2D eigenvalue weighted by Gasteiger charge is 2.34. The second-order valence-corrected chi connectivity index (χ2v) is 8.66. The van der Waals surface area contributed by atoms with Crippen molar-refractivity contribution in [2.24, 2.45) is 0 Å². The topological polar surface area (TPSA) is 79.3 Å². The van der Waals surface area contributed by atoms with E-state index in [9.17, 15) is 9.59 Å². The van der Waals surface area contributed by atoms with Gasteiger partial charge in [-0.2, -0.15) is 0 Å². The molecule has 4 heterocycles. The van der Waals surface area contributed by atoms with Crippen LogP contribution in [0.5, 0.6) is 0 Å². The fraction of sp³-hybridized carbons (Fsp3) is 0.346. The van der Waals surface area contributed by atoms with Gasteiger partial charge in [0.15, 0.2) is 5.82 Å². The van der Waals surface area contributed by atoms with Gasteiger partial charge in [-0.3, -0.25) is 19.5 Å². The van der Waals surface area contributed by atoms with E-state index in [0.29, 0.717) is 43.3 Å². The van der Waals surface area contributed by atoms with Crippen LogP contribution in [0, 0.1) is 6.92 Å². The van der Waals surface area contributed by atoms with Gasteiger partial charge >= 0.3 is 0 Å². The number of carbonyl (C=O) groups is 2. The molecular formula is C26H27N5O2. The van der Waals surface area contributed by atoms with E-state index in [0.717, 1.165) is 36.1 Å². The Kier molecular flexibility index (Phi) is 5.86. The molecule has 2 amide bonds. The summed E-state index contributed by atoms with van der Waals surface area (Å²) in [5.74, 6) is 1.27. The number of anilines is 1. The molecule has 1 saturated heterocycles. The molecular weight excluding hydrogens is 414 g/mol. The Bertz CT molecular complexity index is 1170. The molecule has 33 heavy (non-hydrogen) atoms. The molecule has 2 aliphatic rings. The maximum Gasteiger partial charge on any atom is 0.273 e. The Labute approximate surface area is 193 Å². The van der Waals surface area contributed by atoms with Crippen LogP contribution in [-0.2, 0) is 17.8 Å². The number of hydrogen-bond donors (Lipinski definition) is 0. The maximum absolute atomic E-state index is 13.3. The number of benzene rings is 1. The third-order valence-corrected chi connectivity index (χ3v) is 6.48. The fourth-order valence-electron chi connectivity index (χ4n) is 4.76. The molecule has 2 aromatic heterocycles. The molecule has 1 unspecified atom stereocenters. The summed E-state index contributed by atoms with van der Waals surface area (Å²) in [4.78, 5) is 43.8. The largest absolute Gasteiger partial charge is 0.327 e. The smallest absolute Gasteiger partial charge is 0.273 e. The van der Waals surface area contributed by atoms with Crippen LogP contribution in [0.3, 0.4) is 0 Å². The molecule has 2 aliphatic heterocycles. The van der Waals surface area contributed by atoms with E-state index in [1.807, 2.05) is 48.2 Å². The third kappa shape index (κ3) is 4.23. The van der Waals surface area contributed by atoms with Gasteiger partial charge in [0, 0.05) is 30.4 Å². The van der Waals surface area contributed by atoms with Crippen molar-refractivity contribution in [3.63, 3.8) is 0 Å². The lowest BCUT2D eigenvalue weighted by Crippen LogP contribution is -2.41. The lowest BCUT2D eigenvalue weighted by atomic mass is 9.98. The first-order valence-corrected chi connectivity index (χ1v) is 11.6. The summed E-state index contributed by atoms with van der Waals surface area (Å²) in [5, 5.41) is 0. The minimum absolute atomic E-state index is 0.0699. The molecule has 7 nitrogen and oxygen atoms in total. The van der Waals surface area contributed by atoms with Crippen molar-refractivity contribution >= 4 is 17.6 Å². The lowest BCUT2D eigenvalue weighted by molar-refractivity contribution is -0.119. The van der Waals surface area contributed by atoms with Gasteiger partial charge in [-0.25, -0.2) is 9.97 Å². The van der Waals surface area contributed by atoms with E-state index in [1.165, 1.54) is 0 Å². The Hall–Kier alpha value is -3.61. The number of amides is 2. The van der Waals surface area contributed by atoms with Gasteiger partial charge in [-0.1, -0.05) is 36.4 Å². The molecule has 5 rings (SSSR count). The number of rotatable bonds is 4. The predicted molar refractivity (Wildman–Crippen MR) is 125 cm³/mol. The van der Waals surface area contributed by atoms with Crippen LogP contribution in [-0.4, -0.2) is 38.2 Å². The molecule has 0 aliphatic carbocycles. The van der Waals surface area contributed by atoms with E-state index in [2.05, 4.69) is 4.98 Å². The first-order chi connectivity index (χ1) is 16.1. The summed E-state index contributed by atoms with van der Waals surface area (Å²) in [6, 6.07) is 15.1. The zero-order valence-corrected chi connectivity index (χ0v) is 18.8. The van der Waals surface area contributed by atoms with Gasteiger partial charge in [-0.05, 0) is 50.3 Å². The van der Waals surface area contributed by atoms with Crippen LogP contribution in [0.4, 0.5) is 5.82 Å². The number of hydrogen-bond acceptors (Lipinski definition) is 5. The van der Waals surface area contributed by atoms with Crippen LogP contribution in [0.2, 0.25) is 0 Å². The molecule has 0 spiro atoms. The second kappa shape index (κ2) is 9.10. The number of carbonyl (C=O) groups excluding carboxylic acids is 2. The quantitative estimate of drug-likeness (QED) is 0.611. The second-order valence-electron chi connectivity index (χ2n) is 8.66. The van der Waals surface area contributed by atoms with E-state index in [-0.39, 0.29) is 17.9 Å². The SMILES string of the molecule is Cc1nc(C2CCCCN2C(=O)c2ccccn2)nc2c1CCC(=O)N2Cc1ccccc1. The zero-order valence-electron chi connectivity index (χ0n) is 18.8. The lowest BCUT2D eigenvalue weighted by Gasteiger charge is -2.36. The highest BCUT2D eigenvalue weighted by atomic mass is 16.2. The first-order valence-electron chi connectivity index (χ1n) is 11.6. The van der Waals surface area contributed by atoms with Gasteiger partial charge in [-0.15, -0.1) is 0 Å². The molecule has 7 heteroatoms. The van der Waals surface area contributed by atoms with Gasteiger partial charge in [0.2, 0.25) is 5.91 Å². The fourth-order valence-corrected chi connectivity index (χ4v) is 4.76. The van der Waals surface area contributed by atoms with E-state index in [4.69, 9.17) is 9.97 Å². The molecule has 0 N–H and O–H groups in total. The molecule has 1 aromatic carbocycles. The van der Waals surface area contributed by atoms with Gasteiger partial charge < -0.3 is 4.90 Å². The van der Waals surface area contributed by atoms with Crippen LogP contribution < -0.4 is 4.90 Å². The molecule has 0 radical (unpaired) electrons. The van der Waals surface area contributed by atoms with Crippen LogP contribution in [0.15, 0.2) is 54.7 Å². The summed E-state index contributed by atoms with van der Waals surface area (Å²) < 4.78 is 0. The monoisotopic (exact) mass is 441 g/mol. The van der Waals surface area contributed by atoms with Crippen molar-refractivity contribution in [1.82, 2.24) is 19.9 Å². The number of piperidine rings is 1. The average Bonchev–Trinajstić information content (AvgIpc) is 2.86. The van der Waals surface area contributed by atoms with Crippen molar-refractivity contribution < 1.29 is 9.59 Å². The highest BCUT2D eigenvalue weighted by Crippen LogP contribution is 2.35. The molecule has 3 aromatic rings. The summed E-state index contributed by atoms with van der Waals surface area (Å²) >= 11 is 0. The summed E-state index contributed by atoms with van der Waals surface area (Å²) in [6.07, 6.45) is 5.48. The molecule has 0 saturated carbocycles. The van der Waals surface area contributed by atoms with Crippen LogP contribution >= 0.6 is 0 Å². The Morgan fingerprint density at radius 2 is 1.85 bits per heavy atom. The number of fused-ring (bicyclic) bond motifs is 1. The molecule has 168 valence electrons. The van der Waals surface area contributed by atoms with Gasteiger partial charge in [0.1, 0.15) is 11.5 Å². The van der Waals surface area contributed by atoms with Crippen molar-refractivity contribution in [3.05, 3.63) is 83.1 Å². The summed E-state index contributed by atoms with van der Waals surface area (Å²) in [7, 11) is 0. The van der Waals surface area contributed by atoms with Crippen molar-refractivity contribution in [2.75, 3.05) is 11.4 Å². The summed E-state index contributed by atoms with van der Waals surface area (Å²) in [5.41, 5.74) is 3.39. The minimum atomic E-state index is -0.229. The van der Waals surface area contributed by atoms with E-state index >= 15 is 0 Å². The summed E-state index contributed by atoms with van der Waals surface area (Å²) in [6.45, 7) is 3.10. The maximum atomic E-state index is 13.3. The van der Waals surface area contributed by atoms with Crippen LogP contribution in [0.1, 0.15) is 64.9 Å². The first kappa shape index (κ1) is 21.2. The Morgan fingerprint density at radius 1 is 1.03 bits per heavy atom. The van der Waals surface area contributed by atoms with Gasteiger partial charge in [0.25, 0.3) is 5.91 Å². The Balaban J connectivity index is 1.51. The number of aromatic nitrogens is 3. The highest BCUT2D eigenvalue weighted by molar-refractivity contribution is 5.95.